The zero-order chi connectivity index (χ0) is 18.1. The van der Waals surface area contributed by atoms with Crippen LogP contribution in [0.4, 0.5) is 4.79 Å². The number of amides is 1. The summed E-state index contributed by atoms with van der Waals surface area (Å²) >= 11 is 5.68. The second-order valence-electron chi connectivity index (χ2n) is 4.91. The lowest BCUT2D eigenvalue weighted by Crippen LogP contribution is -2.24. The number of aromatic carboxylic acids is 1. The van der Waals surface area contributed by atoms with Crippen molar-refractivity contribution in [3.8, 4) is 11.8 Å². The number of hydrogen-bond donors (Lipinski definition) is 2. The molecule has 7 heteroatoms. The third kappa shape index (κ3) is 6.16. The standard InChI is InChI=1S/C18H15ClN2O4/c19-16-15(17(22)23)10-14(11-21-16)8-4-5-9-20-18(24)25-12-13-6-2-1-3-7-13/h1-3,6-7,10-11H,5,9,12H2,(H,20,24)(H,22,23). The maximum absolute atomic E-state index is 11.5. The number of hydrogen-bond acceptors (Lipinski definition) is 4. The lowest BCUT2D eigenvalue weighted by molar-refractivity contribution is 0.0696. The second-order valence-corrected chi connectivity index (χ2v) is 5.27. The summed E-state index contributed by atoms with van der Waals surface area (Å²) in [5.74, 6) is 4.43. The Labute approximate surface area is 149 Å². The molecule has 0 aliphatic heterocycles. The molecule has 0 aliphatic rings. The highest BCUT2D eigenvalue weighted by atomic mass is 35.5. The number of ether oxygens (including phenoxy) is 1. The van der Waals surface area contributed by atoms with Gasteiger partial charge in [-0.2, -0.15) is 0 Å². The van der Waals surface area contributed by atoms with Gasteiger partial charge in [0.25, 0.3) is 0 Å². The number of carboxylic acids is 1. The van der Waals surface area contributed by atoms with Crippen molar-refractivity contribution in [3.63, 3.8) is 0 Å². The summed E-state index contributed by atoms with van der Waals surface area (Å²) in [5, 5.41) is 11.5. The molecule has 0 bridgehead atoms. The Morgan fingerprint density at radius 3 is 2.76 bits per heavy atom. The highest BCUT2D eigenvalue weighted by molar-refractivity contribution is 6.32. The summed E-state index contributed by atoms with van der Waals surface area (Å²) in [4.78, 5) is 26.3. The lowest BCUT2D eigenvalue weighted by Gasteiger charge is -2.05. The summed E-state index contributed by atoms with van der Waals surface area (Å²) < 4.78 is 5.06. The zero-order valence-corrected chi connectivity index (χ0v) is 13.9. The summed E-state index contributed by atoms with van der Waals surface area (Å²) in [6, 6.07) is 10.7. The van der Waals surface area contributed by atoms with Gasteiger partial charge in [-0.05, 0) is 11.6 Å². The maximum atomic E-state index is 11.5. The van der Waals surface area contributed by atoms with Gasteiger partial charge in [-0.15, -0.1) is 0 Å². The monoisotopic (exact) mass is 358 g/mol. The average molecular weight is 359 g/mol. The normalized spacial score (nSPS) is 9.64. The van der Waals surface area contributed by atoms with Crippen LogP contribution in [0.5, 0.6) is 0 Å². The summed E-state index contributed by atoms with van der Waals surface area (Å²) in [7, 11) is 0. The highest BCUT2D eigenvalue weighted by Crippen LogP contribution is 2.13. The Hall–Kier alpha value is -3.04. The number of nitrogens with zero attached hydrogens (tertiary/aromatic N) is 1. The molecule has 0 saturated carbocycles. The van der Waals surface area contributed by atoms with Gasteiger partial charge in [0.05, 0.1) is 5.56 Å². The molecular formula is C18H15ClN2O4. The first-order valence-corrected chi connectivity index (χ1v) is 7.76. The van der Waals surface area contributed by atoms with Crippen LogP contribution in [0, 0.1) is 11.8 Å². The summed E-state index contributed by atoms with van der Waals surface area (Å²) in [5.41, 5.74) is 1.24. The fraction of sp³-hybridized carbons (Fsp3) is 0.167. The molecule has 128 valence electrons. The van der Waals surface area contributed by atoms with E-state index in [-0.39, 0.29) is 17.3 Å². The van der Waals surface area contributed by atoms with E-state index in [2.05, 4.69) is 22.1 Å². The van der Waals surface area contributed by atoms with Crippen molar-refractivity contribution in [2.75, 3.05) is 6.54 Å². The molecule has 0 spiro atoms. The van der Waals surface area contributed by atoms with Crippen molar-refractivity contribution in [2.24, 2.45) is 0 Å². The number of halogens is 1. The number of alkyl carbamates (subject to hydrolysis) is 1. The number of carbonyl (C=O) groups is 2. The number of rotatable bonds is 5. The second kappa shape index (κ2) is 9.30. The minimum Gasteiger partial charge on any atom is -0.478 e. The molecule has 6 nitrogen and oxygen atoms in total. The summed E-state index contributed by atoms with van der Waals surface area (Å²) in [6.45, 7) is 0.514. The molecule has 25 heavy (non-hydrogen) atoms. The van der Waals surface area contributed by atoms with E-state index in [0.29, 0.717) is 18.5 Å². The minimum absolute atomic E-state index is 0.0825. The van der Waals surface area contributed by atoms with E-state index in [1.54, 1.807) is 0 Å². The molecule has 2 N–H and O–H groups in total. The number of pyridine rings is 1. The minimum atomic E-state index is -1.16. The molecule has 0 unspecified atom stereocenters. The van der Waals surface area contributed by atoms with Crippen molar-refractivity contribution in [1.29, 1.82) is 0 Å². The number of carbonyl (C=O) groups excluding carboxylic acids is 1. The van der Waals surface area contributed by atoms with E-state index in [4.69, 9.17) is 21.4 Å². The van der Waals surface area contributed by atoms with E-state index >= 15 is 0 Å². The van der Waals surface area contributed by atoms with Gasteiger partial charge in [-0.1, -0.05) is 53.8 Å². The van der Waals surface area contributed by atoms with Crippen LogP contribution in [0.3, 0.4) is 0 Å². The molecule has 0 fully saturated rings. The molecule has 0 saturated heterocycles. The zero-order valence-electron chi connectivity index (χ0n) is 13.2. The Morgan fingerprint density at radius 1 is 1.28 bits per heavy atom. The predicted molar refractivity (Wildman–Crippen MR) is 92.3 cm³/mol. The Bertz CT molecular complexity index is 813. The highest BCUT2D eigenvalue weighted by Gasteiger charge is 2.09. The van der Waals surface area contributed by atoms with Crippen LogP contribution in [0.15, 0.2) is 42.6 Å². The first-order chi connectivity index (χ1) is 12.1. The fourth-order valence-electron chi connectivity index (χ4n) is 1.83. The van der Waals surface area contributed by atoms with E-state index in [9.17, 15) is 9.59 Å². The molecule has 0 aliphatic carbocycles. The third-order valence-electron chi connectivity index (χ3n) is 3.03. The quantitative estimate of drug-likeness (QED) is 0.487. The van der Waals surface area contributed by atoms with Gasteiger partial charge >= 0.3 is 12.1 Å². The molecule has 1 aromatic carbocycles. The molecule has 1 heterocycles. The number of carboxylic acid groups (broad SMARTS) is 1. The van der Waals surface area contributed by atoms with Crippen LogP contribution in [0.25, 0.3) is 0 Å². The van der Waals surface area contributed by atoms with Crippen molar-refractivity contribution in [3.05, 3.63) is 64.4 Å². The number of aromatic nitrogens is 1. The Balaban J connectivity index is 1.74. The van der Waals surface area contributed by atoms with Crippen LogP contribution in [-0.4, -0.2) is 28.7 Å². The van der Waals surface area contributed by atoms with Gasteiger partial charge in [-0.25, -0.2) is 14.6 Å². The smallest absolute Gasteiger partial charge is 0.407 e. The Kier molecular flexibility index (Phi) is 6.81. The maximum Gasteiger partial charge on any atom is 0.407 e. The molecular weight excluding hydrogens is 344 g/mol. The van der Waals surface area contributed by atoms with Crippen LogP contribution in [0.2, 0.25) is 5.15 Å². The van der Waals surface area contributed by atoms with Gasteiger partial charge < -0.3 is 15.2 Å². The van der Waals surface area contributed by atoms with Gasteiger partial charge in [0.1, 0.15) is 11.8 Å². The Morgan fingerprint density at radius 2 is 2.04 bits per heavy atom. The fourth-order valence-corrected chi connectivity index (χ4v) is 2.02. The van der Waals surface area contributed by atoms with E-state index < -0.39 is 12.1 Å². The van der Waals surface area contributed by atoms with Gasteiger partial charge in [0.2, 0.25) is 0 Å². The van der Waals surface area contributed by atoms with Crippen LogP contribution < -0.4 is 5.32 Å². The first kappa shape index (κ1) is 18.3. The van der Waals surface area contributed by atoms with Gasteiger partial charge in [0.15, 0.2) is 0 Å². The number of benzene rings is 1. The predicted octanol–water partition coefficient (Wildman–Crippen LogP) is 3.10. The summed E-state index contributed by atoms with van der Waals surface area (Å²) in [6.07, 6.45) is 1.25. The van der Waals surface area contributed by atoms with Crippen molar-refractivity contribution in [2.45, 2.75) is 13.0 Å². The molecule has 2 aromatic rings. The molecule has 1 aromatic heterocycles. The van der Waals surface area contributed by atoms with Crippen LogP contribution >= 0.6 is 11.6 Å². The van der Waals surface area contributed by atoms with Crippen molar-refractivity contribution >= 4 is 23.7 Å². The molecule has 2 rings (SSSR count). The first-order valence-electron chi connectivity index (χ1n) is 7.38. The topological polar surface area (TPSA) is 88.5 Å². The molecule has 0 atom stereocenters. The average Bonchev–Trinajstić information content (AvgIpc) is 2.61. The lowest BCUT2D eigenvalue weighted by atomic mass is 10.2. The van der Waals surface area contributed by atoms with Crippen LogP contribution in [0.1, 0.15) is 27.9 Å². The van der Waals surface area contributed by atoms with Crippen molar-refractivity contribution in [1.82, 2.24) is 10.3 Å². The van der Waals surface area contributed by atoms with Gasteiger partial charge in [0, 0.05) is 24.7 Å². The van der Waals surface area contributed by atoms with Crippen LogP contribution in [-0.2, 0) is 11.3 Å². The van der Waals surface area contributed by atoms with E-state index in [1.807, 2.05) is 30.3 Å². The molecule has 1 amide bonds. The molecule has 0 radical (unpaired) electrons. The van der Waals surface area contributed by atoms with Crippen molar-refractivity contribution < 1.29 is 19.4 Å². The van der Waals surface area contributed by atoms with E-state index in [1.165, 1.54) is 12.3 Å². The SMILES string of the molecule is O=C(NCCC#Cc1cnc(Cl)c(C(=O)O)c1)OCc1ccccc1. The van der Waals surface area contributed by atoms with Gasteiger partial charge in [-0.3, -0.25) is 0 Å². The third-order valence-corrected chi connectivity index (χ3v) is 3.34. The number of nitrogens with one attached hydrogen (secondary N) is 1. The van der Waals surface area contributed by atoms with E-state index in [0.717, 1.165) is 5.56 Å². The largest absolute Gasteiger partial charge is 0.478 e.